The van der Waals surface area contributed by atoms with Crippen LogP contribution in [0.15, 0.2) is 54.1 Å². The monoisotopic (exact) mass is 576 g/mol. The third-order valence-corrected chi connectivity index (χ3v) is 10.5. The zero-order chi connectivity index (χ0) is 27.0. The number of aliphatic hydroxyl groups excluding tert-OH is 3. The minimum Gasteiger partial charge on any atom is -0.444 e. The molecule has 0 aromatic heterocycles. The van der Waals surface area contributed by atoms with Gasteiger partial charge >= 0.3 is 5.97 Å². The molecule has 7 nitrogen and oxygen atoms in total. The van der Waals surface area contributed by atoms with Crippen LogP contribution in [-0.2, 0) is 14.3 Å². The molecule has 4 aliphatic rings. The number of ketones is 2. The summed E-state index contributed by atoms with van der Waals surface area (Å²) in [4.78, 5) is 38.1. The van der Waals surface area contributed by atoms with Crippen LogP contribution in [-0.4, -0.2) is 67.8 Å². The first-order chi connectivity index (χ1) is 17.4. The lowest BCUT2D eigenvalue weighted by atomic mass is 9.44. The van der Waals surface area contributed by atoms with Gasteiger partial charge in [-0.1, -0.05) is 52.7 Å². The number of halogens is 2. The number of hydrogen-bond donors (Lipinski definition) is 3. The van der Waals surface area contributed by atoms with Crippen LogP contribution < -0.4 is 0 Å². The Kier molecular flexibility index (Phi) is 6.18. The number of alkyl halides is 2. The van der Waals surface area contributed by atoms with Gasteiger partial charge in [-0.05, 0) is 56.4 Å². The van der Waals surface area contributed by atoms with E-state index in [0.717, 1.165) is 0 Å². The Labute approximate surface area is 222 Å². The summed E-state index contributed by atoms with van der Waals surface area (Å²) in [5.41, 5.74) is -6.39. The van der Waals surface area contributed by atoms with Gasteiger partial charge in [-0.3, -0.25) is 9.59 Å². The first kappa shape index (κ1) is 26.4. The molecular formula is C28H30BrFO7. The highest BCUT2D eigenvalue weighted by Crippen LogP contribution is 2.71. The maximum Gasteiger partial charge on any atom is 0.339 e. The second-order valence-electron chi connectivity index (χ2n) is 11.2. The van der Waals surface area contributed by atoms with E-state index in [0.29, 0.717) is 12.0 Å². The van der Waals surface area contributed by atoms with Crippen molar-refractivity contribution in [3.05, 3.63) is 59.7 Å². The average Bonchev–Trinajstić information content (AvgIpc) is 3.07. The number of carbonyl (C=O) groups is 3. The molecule has 1 aromatic carbocycles. The molecule has 3 N–H and O–H groups in total. The Bertz CT molecular complexity index is 1220. The lowest BCUT2D eigenvalue weighted by Crippen LogP contribution is -2.72. The van der Waals surface area contributed by atoms with E-state index in [1.807, 2.05) is 0 Å². The van der Waals surface area contributed by atoms with Crippen LogP contribution in [0.5, 0.6) is 0 Å². The summed E-state index contributed by atoms with van der Waals surface area (Å²) in [6, 6.07) is 7.97. The third kappa shape index (κ3) is 3.30. The molecular weight excluding hydrogens is 547 g/mol. The number of aliphatic hydroxyl groups is 3. The highest BCUT2D eigenvalue weighted by molar-refractivity contribution is 9.09. The molecule has 0 heterocycles. The Balaban J connectivity index is 1.64. The zero-order valence-electron chi connectivity index (χ0n) is 20.6. The van der Waals surface area contributed by atoms with E-state index in [-0.39, 0.29) is 24.2 Å². The van der Waals surface area contributed by atoms with Gasteiger partial charge in [-0.15, -0.1) is 0 Å². The van der Waals surface area contributed by atoms with Gasteiger partial charge in [0.05, 0.1) is 11.7 Å². The molecule has 4 aliphatic carbocycles. The summed E-state index contributed by atoms with van der Waals surface area (Å²) in [5, 5.41) is 32.9. The first-order valence-corrected chi connectivity index (χ1v) is 13.3. The Morgan fingerprint density at radius 1 is 1.16 bits per heavy atom. The highest BCUT2D eigenvalue weighted by Gasteiger charge is 2.79. The van der Waals surface area contributed by atoms with Crippen LogP contribution >= 0.6 is 15.9 Å². The van der Waals surface area contributed by atoms with Crippen molar-refractivity contribution >= 4 is 33.5 Å². The van der Waals surface area contributed by atoms with E-state index >= 15 is 4.39 Å². The van der Waals surface area contributed by atoms with Crippen molar-refractivity contribution in [1.82, 2.24) is 0 Å². The fraction of sp³-hybridized carbons (Fsp3) is 0.536. The summed E-state index contributed by atoms with van der Waals surface area (Å²) >= 11 is 3.61. The van der Waals surface area contributed by atoms with Crippen molar-refractivity contribution in [3.63, 3.8) is 0 Å². The molecule has 0 bridgehead atoms. The molecule has 0 aliphatic heterocycles. The van der Waals surface area contributed by atoms with Gasteiger partial charge in [0.1, 0.15) is 12.7 Å². The average molecular weight is 577 g/mol. The van der Waals surface area contributed by atoms with Gasteiger partial charge in [0.15, 0.2) is 11.5 Å². The quantitative estimate of drug-likeness (QED) is 0.372. The summed E-state index contributed by atoms with van der Waals surface area (Å²) < 4.78 is 23.3. The molecule has 0 amide bonds. The van der Waals surface area contributed by atoms with Crippen molar-refractivity contribution in [2.45, 2.75) is 61.4 Å². The molecule has 5 rings (SSSR count). The molecule has 1 aromatic rings. The lowest BCUT2D eigenvalue weighted by Gasteiger charge is -2.63. The van der Waals surface area contributed by atoms with Crippen molar-refractivity contribution in [2.24, 2.45) is 22.7 Å². The summed E-state index contributed by atoms with van der Waals surface area (Å²) in [6.45, 7) is 2.28. The number of Topliss-reactive ketones (excluding diaryl/α,β-unsaturated/α-hetero) is 1. The number of allylic oxidation sites excluding steroid dienone is 4. The van der Waals surface area contributed by atoms with Crippen LogP contribution in [0.25, 0.3) is 0 Å². The van der Waals surface area contributed by atoms with Crippen molar-refractivity contribution in [2.75, 3.05) is 6.61 Å². The molecule has 37 heavy (non-hydrogen) atoms. The number of carbonyl (C=O) groups excluding carboxylic acids is 3. The number of fused-ring (bicyclic) bond motifs is 5. The Morgan fingerprint density at radius 2 is 1.84 bits per heavy atom. The number of rotatable bonds is 4. The molecule has 9 atom stereocenters. The van der Waals surface area contributed by atoms with Crippen LogP contribution in [0, 0.1) is 22.7 Å². The van der Waals surface area contributed by atoms with Gasteiger partial charge in [-0.2, -0.15) is 0 Å². The van der Waals surface area contributed by atoms with Crippen molar-refractivity contribution in [1.29, 1.82) is 0 Å². The second-order valence-corrected chi connectivity index (χ2v) is 12.4. The number of hydrogen-bond acceptors (Lipinski definition) is 7. The van der Waals surface area contributed by atoms with Gasteiger partial charge in [-0.25, -0.2) is 9.18 Å². The fourth-order valence-electron chi connectivity index (χ4n) is 7.79. The molecule has 0 spiro atoms. The van der Waals surface area contributed by atoms with Crippen LogP contribution in [0.1, 0.15) is 43.5 Å². The molecule has 0 saturated heterocycles. The number of esters is 1. The molecule has 9 heteroatoms. The van der Waals surface area contributed by atoms with E-state index in [1.54, 1.807) is 32.0 Å². The standard InChI is InChI=1S/C28H30BrFO7/c1-25-9-8-17(32)10-16(25)11-19(29)23-18-12-20(33)28(22(35)14-31,26(18,2)13-21(34)27(23,25)30)37-24(36)15-6-4-3-5-7-15/h3-10,18-21,23,31,33-34H,11-14H2,1-2H3/t18-,19+,20+,21-,23+,25-,26-,27+,28+/m0/s1. The first-order valence-electron chi connectivity index (χ1n) is 12.4. The van der Waals surface area contributed by atoms with Gasteiger partial charge in [0.2, 0.25) is 11.4 Å². The summed E-state index contributed by atoms with van der Waals surface area (Å²) in [6.07, 6.45) is 1.01. The molecule has 198 valence electrons. The normalized spacial score (nSPS) is 44.4. The second kappa shape index (κ2) is 8.66. The summed E-state index contributed by atoms with van der Waals surface area (Å²) in [5.74, 6) is -3.62. The Hall–Kier alpha value is -2.20. The van der Waals surface area contributed by atoms with Crippen molar-refractivity contribution < 1.29 is 38.8 Å². The molecule has 0 radical (unpaired) electrons. The van der Waals surface area contributed by atoms with Gasteiger partial charge in [0.25, 0.3) is 0 Å². The van der Waals surface area contributed by atoms with E-state index in [9.17, 15) is 29.7 Å². The van der Waals surface area contributed by atoms with Crippen LogP contribution in [0.3, 0.4) is 0 Å². The SMILES string of the molecule is C[C@]12C=CC(=O)C=C1C[C@@H](Br)[C@H]1[C@@H]3C[C@@H](O)[C@@](OC(=O)c4ccccc4)(C(=O)CO)[C@@]3(C)C[C@H](O)[C@@]12F. The molecule has 0 unspecified atom stereocenters. The van der Waals surface area contributed by atoms with E-state index in [2.05, 4.69) is 15.9 Å². The smallest absolute Gasteiger partial charge is 0.339 e. The van der Waals surface area contributed by atoms with E-state index in [4.69, 9.17) is 4.74 Å². The topological polar surface area (TPSA) is 121 Å². The third-order valence-electron chi connectivity index (χ3n) is 9.62. The Morgan fingerprint density at radius 3 is 2.49 bits per heavy atom. The predicted octanol–water partition coefficient (Wildman–Crippen LogP) is 2.86. The van der Waals surface area contributed by atoms with E-state index in [1.165, 1.54) is 30.4 Å². The lowest BCUT2D eigenvalue weighted by molar-refractivity contribution is -0.220. The van der Waals surface area contributed by atoms with Gasteiger partial charge in [0, 0.05) is 21.6 Å². The predicted molar refractivity (Wildman–Crippen MR) is 135 cm³/mol. The minimum atomic E-state index is -2.24. The number of ether oxygens (including phenoxy) is 1. The summed E-state index contributed by atoms with van der Waals surface area (Å²) in [7, 11) is 0. The van der Waals surface area contributed by atoms with Gasteiger partial charge < -0.3 is 20.1 Å². The fourth-order valence-corrected chi connectivity index (χ4v) is 8.89. The largest absolute Gasteiger partial charge is 0.444 e. The van der Waals surface area contributed by atoms with E-state index < -0.39 is 69.3 Å². The maximum atomic E-state index is 17.5. The van der Waals surface area contributed by atoms with Crippen LogP contribution in [0.4, 0.5) is 4.39 Å². The zero-order valence-corrected chi connectivity index (χ0v) is 22.2. The molecule has 3 fully saturated rings. The number of benzene rings is 1. The minimum absolute atomic E-state index is 0.0762. The van der Waals surface area contributed by atoms with Crippen LogP contribution in [0.2, 0.25) is 0 Å². The highest BCUT2D eigenvalue weighted by atomic mass is 79.9. The molecule has 3 saturated carbocycles. The van der Waals surface area contributed by atoms with Crippen molar-refractivity contribution in [3.8, 4) is 0 Å². The maximum absolute atomic E-state index is 17.5.